The van der Waals surface area contributed by atoms with Crippen LogP contribution in [-0.2, 0) is 10.0 Å². The third-order valence-electron chi connectivity index (χ3n) is 3.55. The van der Waals surface area contributed by atoms with E-state index in [1.807, 2.05) is 27.7 Å². The Morgan fingerprint density at radius 3 is 2.47 bits per heavy atom. The van der Waals surface area contributed by atoms with E-state index in [4.69, 9.17) is 5.73 Å². The van der Waals surface area contributed by atoms with E-state index in [0.717, 1.165) is 12.1 Å². The first-order valence-corrected chi connectivity index (χ1v) is 7.59. The Morgan fingerprint density at radius 2 is 1.95 bits per heavy atom. The van der Waals surface area contributed by atoms with Crippen molar-refractivity contribution in [2.75, 3.05) is 12.3 Å². The minimum absolute atomic E-state index is 0.0382. The van der Waals surface area contributed by atoms with Gasteiger partial charge in [0.15, 0.2) is 0 Å². The third kappa shape index (κ3) is 3.91. The van der Waals surface area contributed by atoms with Crippen LogP contribution in [0, 0.1) is 17.2 Å². The maximum absolute atomic E-state index is 13.1. The highest BCUT2D eigenvalue weighted by Gasteiger charge is 2.26. The number of hydrogen-bond acceptors (Lipinski definition) is 3. The molecule has 0 aromatic heterocycles. The van der Waals surface area contributed by atoms with Crippen LogP contribution in [0.4, 0.5) is 10.1 Å². The van der Waals surface area contributed by atoms with E-state index in [0.29, 0.717) is 5.92 Å². The van der Waals surface area contributed by atoms with Crippen LogP contribution in [0.2, 0.25) is 0 Å². The van der Waals surface area contributed by atoms with Crippen molar-refractivity contribution >= 4 is 15.7 Å². The molecule has 0 atom stereocenters. The molecule has 1 aromatic carbocycles. The van der Waals surface area contributed by atoms with Gasteiger partial charge < -0.3 is 5.73 Å². The largest absolute Gasteiger partial charge is 0.398 e. The van der Waals surface area contributed by atoms with Gasteiger partial charge in [-0.3, -0.25) is 0 Å². The van der Waals surface area contributed by atoms with Gasteiger partial charge >= 0.3 is 0 Å². The topological polar surface area (TPSA) is 72.2 Å². The lowest BCUT2D eigenvalue weighted by Crippen LogP contribution is -2.37. The van der Waals surface area contributed by atoms with Gasteiger partial charge in [-0.1, -0.05) is 27.7 Å². The normalized spacial score (nSPS) is 12.9. The number of halogens is 1. The zero-order valence-electron chi connectivity index (χ0n) is 11.7. The first-order chi connectivity index (χ1) is 8.56. The molecule has 108 valence electrons. The summed E-state index contributed by atoms with van der Waals surface area (Å²) in [6.45, 7) is 8.24. The molecule has 6 heteroatoms. The number of rotatable bonds is 5. The Morgan fingerprint density at radius 1 is 1.37 bits per heavy atom. The van der Waals surface area contributed by atoms with Crippen LogP contribution < -0.4 is 10.5 Å². The summed E-state index contributed by atoms with van der Waals surface area (Å²) in [5.41, 5.74) is 5.43. The molecule has 0 saturated carbocycles. The maximum atomic E-state index is 13.1. The van der Waals surface area contributed by atoms with Crippen molar-refractivity contribution in [1.29, 1.82) is 0 Å². The first kappa shape index (κ1) is 15.9. The van der Waals surface area contributed by atoms with E-state index < -0.39 is 15.8 Å². The van der Waals surface area contributed by atoms with Crippen molar-refractivity contribution < 1.29 is 12.8 Å². The highest BCUT2D eigenvalue weighted by atomic mass is 32.2. The molecule has 0 bridgehead atoms. The molecular formula is C13H21FN2O2S. The Balaban J connectivity index is 2.97. The number of nitrogen functional groups attached to an aromatic ring is 1. The molecule has 0 aliphatic heterocycles. The fourth-order valence-corrected chi connectivity index (χ4v) is 2.67. The van der Waals surface area contributed by atoms with Crippen LogP contribution in [-0.4, -0.2) is 15.0 Å². The van der Waals surface area contributed by atoms with Gasteiger partial charge in [0.2, 0.25) is 10.0 Å². The predicted molar refractivity (Wildman–Crippen MR) is 74.6 cm³/mol. The van der Waals surface area contributed by atoms with Gasteiger partial charge in [-0.15, -0.1) is 0 Å². The monoisotopic (exact) mass is 288 g/mol. The lowest BCUT2D eigenvalue weighted by atomic mass is 9.81. The molecule has 19 heavy (non-hydrogen) atoms. The zero-order chi connectivity index (χ0) is 14.8. The second-order valence-corrected chi connectivity index (χ2v) is 7.39. The summed E-state index contributed by atoms with van der Waals surface area (Å²) in [6.07, 6.45) is 0. The highest BCUT2D eigenvalue weighted by molar-refractivity contribution is 7.89. The van der Waals surface area contributed by atoms with Crippen LogP contribution >= 0.6 is 0 Å². The second-order valence-electron chi connectivity index (χ2n) is 5.65. The summed E-state index contributed by atoms with van der Waals surface area (Å²) in [5.74, 6) is -0.322. The Bertz CT molecular complexity index is 554. The zero-order valence-corrected chi connectivity index (χ0v) is 12.5. The van der Waals surface area contributed by atoms with Crippen molar-refractivity contribution in [2.45, 2.75) is 32.6 Å². The number of anilines is 1. The lowest BCUT2D eigenvalue weighted by molar-refractivity contribution is 0.252. The standard InChI is InChI=1S/C13H21FN2O2S/c1-9(2)13(3,4)8-16-19(17,18)12-7-10(14)5-6-11(12)15/h5-7,9,16H,8,15H2,1-4H3. The molecule has 4 nitrogen and oxygen atoms in total. The van der Waals surface area contributed by atoms with Gasteiger partial charge in [-0.2, -0.15) is 0 Å². The van der Waals surface area contributed by atoms with Crippen LogP contribution in [0.1, 0.15) is 27.7 Å². The van der Waals surface area contributed by atoms with Crippen molar-refractivity contribution in [1.82, 2.24) is 4.72 Å². The van der Waals surface area contributed by atoms with Crippen LogP contribution in [0.3, 0.4) is 0 Å². The van der Waals surface area contributed by atoms with E-state index in [2.05, 4.69) is 4.72 Å². The Hall–Kier alpha value is -1.14. The molecule has 0 spiro atoms. The van der Waals surface area contributed by atoms with E-state index in [1.54, 1.807) is 0 Å². The molecule has 1 aromatic rings. The van der Waals surface area contributed by atoms with E-state index in [-0.39, 0.29) is 22.5 Å². The molecule has 0 saturated heterocycles. The van der Waals surface area contributed by atoms with Crippen molar-refractivity contribution in [3.8, 4) is 0 Å². The minimum Gasteiger partial charge on any atom is -0.398 e. The molecular weight excluding hydrogens is 267 g/mol. The molecule has 0 unspecified atom stereocenters. The summed E-state index contributed by atoms with van der Waals surface area (Å²) < 4.78 is 39.9. The van der Waals surface area contributed by atoms with Crippen LogP contribution in [0.25, 0.3) is 0 Å². The van der Waals surface area contributed by atoms with Crippen LogP contribution in [0.15, 0.2) is 23.1 Å². The van der Waals surface area contributed by atoms with E-state index >= 15 is 0 Å². The van der Waals surface area contributed by atoms with Gasteiger partial charge in [0.25, 0.3) is 0 Å². The van der Waals surface area contributed by atoms with E-state index in [1.165, 1.54) is 6.07 Å². The lowest BCUT2D eigenvalue weighted by Gasteiger charge is -2.29. The molecule has 1 rings (SSSR count). The number of benzene rings is 1. The fourth-order valence-electron chi connectivity index (χ4n) is 1.30. The molecule has 0 heterocycles. The summed E-state index contributed by atoms with van der Waals surface area (Å²) in [7, 11) is -3.80. The van der Waals surface area contributed by atoms with Gasteiger partial charge in [-0.25, -0.2) is 17.5 Å². The Labute approximate surface area is 114 Å². The molecule has 3 N–H and O–H groups in total. The van der Waals surface area contributed by atoms with Crippen LogP contribution in [0.5, 0.6) is 0 Å². The van der Waals surface area contributed by atoms with Crippen molar-refractivity contribution in [2.24, 2.45) is 11.3 Å². The predicted octanol–water partition coefficient (Wildman–Crippen LogP) is 2.37. The summed E-state index contributed by atoms with van der Waals surface area (Å²) in [4.78, 5) is -0.216. The molecule has 0 radical (unpaired) electrons. The molecule has 0 amide bonds. The molecule has 0 aliphatic rings. The number of sulfonamides is 1. The maximum Gasteiger partial charge on any atom is 0.242 e. The van der Waals surface area contributed by atoms with Crippen molar-refractivity contribution in [3.05, 3.63) is 24.0 Å². The average molecular weight is 288 g/mol. The quantitative estimate of drug-likeness (QED) is 0.817. The summed E-state index contributed by atoms with van der Waals surface area (Å²) in [6, 6.07) is 3.31. The number of hydrogen-bond donors (Lipinski definition) is 2. The van der Waals surface area contributed by atoms with Gasteiger partial charge in [0, 0.05) is 6.54 Å². The number of nitrogens with one attached hydrogen (secondary N) is 1. The molecule has 0 aliphatic carbocycles. The third-order valence-corrected chi connectivity index (χ3v) is 5.00. The average Bonchev–Trinajstić information content (AvgIpc) is 2.30. The smallest absolute Gasteiger partial charge is 0.242 e. The van der Waals surface area contributed by atoms with Crippen molar-refractivity contribution in [3.63, 3.8) is 0 Å². The van der Waals surface area contributed by atoms with Gasteiger partial charge in [-0.05, 0) is 29.5 Å². The fraction of sp³-hybridized carbons (Fsp3) is 0.538. The second kappa shape index (κ2) is 5.46. The first-order valence-electron chi connectivity index (χ1n) is 6.11. The van der Waals surface area contributed by atoms with Gasteiger partial charge in [0.1, 0.15) is 10.7 Å². The Kier molecular flexibility index (Phi) is 4.58. The van der Waals surface area contributed by atoms with E-state index in [9.17, 15) is 12.8 Å². The highest BCUT2D eigenvalue weighted by Crippen LogP contribution is 2.26. The summed E-state index contributed by atoms with van der Waals surface area (Å²) >= 11 is 0. The number of nitrogens with two attached hydrogens (primary N) is 1. The molecule has 0 fully saturated rings. The van der Waals surface area contributed by atoms with Gasteiger partial charge in [0.05, 0.1) is 5.69 Å². The SMILES string of the molecule is CC(C)C(C)(C)CNS(=O)(=O)c1cc(F)ccc1N. The minimum atomic E-state index is -3.80. The summed E-state index contributed by atoms with van der Waals surface area (Å²) in [5, 5.41) is 0.